The number of fused-ring (bicyclic) bond motifs is 1. The number of likely N-dealkylation sites (N-methyl/N-ethyl adjacent to an activating group) is 1. The third-order valence-corrected chi connectivity index (χ3v) is 5.04. The van der Waals surface area contributed by atoms with Gasteiger partial charge in [0.05, 0.1) is 6.54 Å². The summed E-state index contributed by atoms with van der Waals surface area (Å²) < 4.78 is 3.61. The molecule has 2 heterocycles. The summed E-state index contributed by atoms with van der Waals surface area (Å²) >= 11 is 1.54. The van der Waals surface area contributed by atoms with E-state index in [1.807, 2.05) is 66.0 Å². The van der Waals surface area contributed by atoms with Crippen molar-refractivity contribution in [2.75, 3.05) is 7.05 Å². The minimum absolute atomic E-state index is 0.0240. The largest absolute Gasteiger partial charge is 0.292 e. The number of carbonyl (C=O) groups excluding carboxylic acids is 1. The van der Waals surface area contributed by atoms with Crippen LogP contribution in [0.5, 0.6) is 0 Å². The van der Waals surface area contributed by atoms with E-state index in [1.54, 1.807) is 16.6 Å². The Kier molecular flexibility index (Phi) is 3.87. The Hall–Kier alpha value is -2.51. The molecule has 0 radical (unpaired) electrons. The van der Waals surface area contributed by atoms with Crippen LogP contribution in [-0.4, -0.2) is 37.3 Å². The summed E-state index contributed by atoms with van der Waals surface area (Å²) in [5.41, 5.74) is 1.81. The minimum Gasteiger partial charge on any atom is -0.292 e. The van der Waals surface area contributed by atoms with Gasteiger partial charge in [-0.2, -0.15) is 0 Å². The van der Waals surface area contributed by atoms with Gasteiger partial charge < -0.3 is 0 Å². The lowest BCUT2D eigenvalue weighted by molar-refractivity contribution is 0.0894. The average Bonchev–Trinajstić information content (AvgIpc) is 3.04. The van der Waals surface area contributed by atoms with Crippen LogP contribution in [0.4, 0.5) is 0 Å². The lowest BCUT2D eigenvalue weighted by Gasteiger charge is -2.30. The van der Waals surface area contributed by atoms with E-state index in [-0.39, 0.29) is 5.78 Å². The molecule has 1 aliphatic rings. The van der Waals surface area contributed by atoms with Crippen LogP contribution < -0.4 is 0 Å². The molecule has 1 unspecified atom stereocenters. The number of nitrogens with zero attached hydrogens (tertiary/aromatic N) is 5. The van der Waals surface area contributed by atoms with Gasteiger partial charge in [0, 0.05) is 10.5 Å². The number of carbonyl (C=O) groups is 1. The van der Waals surface area contributed by atoms with Crippen LogP contribution in [0, 0.1) is 0 Å². The highest BCUT2D eigenvalue weighted by Gasteiger charge is 2.37. The third-order valence-electron chi connectivity index (χ3n) is 3.99. The summed E-state index contributed by atoms with van der Waals surface area (Å²) in [7, 11) is 1.89. The van der Waals surface area contributed by atoms with Gasteiger partial charge in [0.2, 0.25) is 0 Å². The Morgan fingerprint density at radius 2 is 1.83 bits per heavy atom. The molecule has 0 fully saturated rings. The molecule has 3 aromatic rings. The summed E-state index contributed by atoms with van der Waals surface area (Å²) in [6, 6.07) is 17.1. The fourth-order valence-electron chi connectivity index (χ4n) is 2.83. The van der Waals surface area contributed by atoms with Crippen molar-refractivity contribution in [2.45, 2.75) is 17.5 Å². The molecule has 24 heavy (non-hydrogen) atoms. The molecule has 0 aliphatic carbocycles. The molecule has 120 valence electrons. The van der Waals surface area contributed by atoms with Gasteiger partial charge in [-0.3, -0.25) is 4.79 Å². The number of ketones is 1. The SMILES string of the molecule is CN1Sc2ccccc2C(=O)C1c1nnnn1Cc1ccccc1. The molecule has 1 atom stereocenters. The predicted octanol–water partition coefficient (Wildman–Crippen LogP) is 2.60. The Morgan fingerprint density at radius 1 is 1.08 bits per heavy atom. The maximum atomic E-state index is 13.0. The van der Waals surface area contributed by atoms with Crippen molar-refractivity contribution in [3.05, 3.63) is 71.5 Å². The first-order valence-electron chi connectivity index (χ1n) is 7.58. The quantitative estimate of drug-likeness (QED) is 0.685. The lowest BCUT2D eigenvalue weighted by Crippen LogP contribution is -2.33. The summed E-state index contributed by atoms with van der Waals surface area (Å²) in [5.74, 6) is 0.587. The zero-order chi connectivity index (χ0) is 16.5. The van der Waals surface area contributed by atoms with Crippen LogP contribution in [0.15, 0.2) is 59.5 Å². The van der Waals surface area contributed by atoms with Crippen molar-refractivity contribution >= 4 is 17.7 Å². The molecule has 4 rings (SSSR count). The highest BCUT2D eigenvalue weighted by Crippen LogP contribution is 2.39. The first-order chi connectivity index (χ1) is 11.7. The van der Waals surface area contributed by atoms with Gasteiger partial charge in [-0.25, -0.2) is 8.99 Å². The topological polar surface area (TPSA) is 63.9 Å². The number of Topliss-reactive ketones (excluding diaryl/α,β-unsaturated/α-hetero) is 1. The van der Waals surface area contributed by atoms with Gasteiger partial charge in [-0.15, -0.1) is 5.10 Å². The highest BCUT2D eigenvalue weighted by atomic mass is 32.2. The number of aromatic nitrogens is 4. The lowest BCUT2D eigenvalue weighted by atomic mass is 10.0. The van der Waals surface area contributed by atoms with Crippen molar-refractivity contribution in [1.82, 2.24) is 24.5 Å². The molecule has 7 heteroatoms. The molecule has 0 saturated heterocycles. The fraction of sp³-hybridized carbons (Fsp3) is 0.176. The maximum absolute atomic E-state index is 13.0. The molecule has 0 bridgehead atoms. The third kappa shape index (κ3) is 2.61. The molecule has 2 aromatic carbocycles. The molecule has 6 nitrogen and oxygen atoms in total. The number of tetrazole rings is 1. The van der Waals surface area contributed by atoms with Crippen molar-refractivity contribution < 1.29 is 4.79 Å². The van der Waals surface area contributed by atoms with Crippen molar-refractivity contribution in [3.8, 4) is 0 Å². The van der Waals surface area contributed by atoms with Gasteiger partial charge >= 0.3 is 0 Å². The van der Waals surface area contributed by atoms with Crippen LogP contribution in [0.3, 0.4) is 0 Å². The number of hydrogen-bond donors (Lipinski definition) is 0. The van der Waals surface area contributed by atoms with Gasteiger partial charge in [0.25, 0.3) is 0 Å². The van der Waals surface area contributed by atoms with Crippen LogP contribution in [-0.2, 0) is 6.54 Å². The highest BCUT2D eigenvalue weighted by molar-refractivity contribution is 7.97. The van der Waals surface area contributed by atoms with Crippen LogP contribution >= 0.6 is 11.9 Å². The molecule has 0 amide bonds. The van der Waals surface area contributed by atoms with Gasteiger partial charge in [-0.1, -0.05) is 48.5 Å². The minimum atomic E-state index is -0.497. The van der Waals surface area contributed by atoms with Crippen LogP contribution in [0.1, 0.15) is 27.8 Å². The normalized spacial score (nSPS) is 17.7. The second kappa shape index (κ2) is 6.18. The second-order valence-electron chi connectivity index (χ2n) is 5.58. The van der Waals surface area contributed by atoms with E-state index in [9.17, 15) is 4.79 Å². The van der Waals surface area contributed by atoms with E-state index in [0.29, 0.717) is 12.4 Å². The molecular formula is C17H15N5OS. The summed E-state index contributed by atoms with van der Waals surface area (Å²) in [6.07, 6.45) is 0. The second-order valence-corrected chi connectivity index (χ2v) is 6.78. The maximum Gasteiger partial charge on any atom is 0.189 e. The van der Waals surface area contributed by atoms with E-state index < -0.39 is 6.04 Å². The summed E-state index contributed by atoms with van der Waals surface area (Å²) in [6.45, 7) is 0.535. The average molecular weight is 337 g/mol. The summed E-state index contributed by atoms with van der Waals surface area (Å²) in [4.78, 5) is 13.9. The Morgan fingerprint density at radius 3 is 2.67 bits per heavy atom. The van der Waals surface area contributed by atoms with Crippen LogP contribution in [0.25, 0.3) is 0 Å². The smallest absolute Gasteiger partial charge is 0.189 e. The molecule has 0 saturated carbocycles. The molecule has 0 spiro atoms. The first-order valence-corrected chi connectivity index (χ1v) is 8.35. The van der Waals surface area contributed by atoms with Crippen LogP contribution in [0.2, 0.25) is 0 Å². The molecule has 1 aliphatic heterocycles. The van der Waals surface area contributed by atoms with Gasteiger partial charge in [-0.05, 0) is 41.1 Å². The fourth-order valence-corrected chi connectivity index (χ4v) is 3.84. The van der Waals surface area contributed by atoms with E-state index in [0.717, 1.165) is 16.0 Å². The van der Waals surface area contributed by atoms with Crippen molar-refractivity contribution in [1.29, 1.82) is 0 Å². The summed E-state index contributed by atoms with van der Waals surface area (Å²) in [5, 5.41) is 12.0. The van der Waals surface area contributed by atoms with Gasteiger partial charge in [0.1, 0.15) is 6.04 Å². The van der Waals surface area contributed by atoms with Gasteiger partial charge in [0.15, 0.2) is 11.6 Å². The number of hydrogen-bond acceptors (Lipinski definition) is 6. The molecular weight excluding hydrogens is 322 g/mol. The Labute approximate surface area is 143 Å². The zero-order valence-electron chi connectivity index (χ0n) is 13.0. The monoisotopic (exact) mass is 337 g/mol. The van der Waals surface area contributed by atoms with E-state index in [4.69, 9.17) is 0 Å². The van der Waals surface area contributed by atoms with E-state index in [2.05, 4.69) is 15.5 Å². The van der Waals surface area contributed by atoms with E-state index in [1.165, 1.54) is 0 Å². The standard InChI is InChI=1S/C17H15N5OS/c1-21-15(16(23)13-9-5-6-10-14(13)24-21)17-18-19-20-22(17)11-12-7-3-2-4-8-12/h2-10,15H,11H2,1H3. The van der Waals surface area contributed by atoms with E-state index >= 15 is 0 Å². The Bertz CT molecular complexity index is 879. The Balaban J connectivity index is 1.70. The van der Waals surface area contributed by atoms with Crippen molar-refractivity contribution in [2.24, 2.45) is 0 Å². The molecule has 1 aromatic heterocycles. The predicted molar refractivity (Wildman–Crippen MR) is 90.5 cm³/mol. The number of benzene rings is 2. The molecule has 0 N–H and O–H groups in total. The number of rotatable bonds is 3. The van der Waals surface area contributed by atoms with Crippen molar-refractivity contribution in [3.63, 3.8) is 0 Å². The first kappa shape index (κ1) is 15.0. The zero-order valence-corrected chi connectivity index (χ0v) is 13.8.